The number of rotatable bonds is 9. The van der Waals surface area contributed by atoms with Gasteiger partial charge in [0.15, 0.2) is 0 Å². The van der Waals surface area contributed by atoms with Gasteiger partial charge < -0.3 is 4.74 Å². The predicted molar refractivity (Wildman–Crippen MR) is 221 cm³/mol. The van der Waals surface area contributed by atoms with Crippen molar-refractivity contribution in [2.24, 2.45) is 0 Å². The third-order valence-corrected chi connectivity index (χ3v) is 18.4. The first kappa shape index (κ1) is 41.5. The molecular weight excluding hydrogens is 689 g/mol. The molecule has 0 amide bonds. The van der Waals surface area contributed by atoms with Crippen LogP contribution < -0.4 is 10.6 Å². The van der Waals surface area contributed by atoms with Gasteiger partial charge in [0, 0.05) is 7.11 Å². The molecule has 0 radical (unpaired) electrons. The number of hydrogen-bond donors (Lipinski definition) is 0. The van der Waals surface area contributed by atoms with Gasteiger partial charge in [0.2, 0.25) is 0 Å². The summed E-state index contributed by atoms with van der Waals surface area (Å²) < 4.78 is 4.88. The quantitative estimate of drug-likeness (QED) is 0.156. The number of methoxy groups -OCH3 is 1. The Balaban J connectivity index is 0.000000174. The summed E-state index contributed by atoms with van der Waals surface area (Å²) >= 11 is 0. The summed E-state index contributed by atoms with van der Waals surface area (Å²) in [5.41, 5.74) is 5.36. The zero-order valence-electron chi connectivity index (χ0n) is 31.1. The maximum absolute atomic E-state index is 4.88. The van der Waals surface area contributed by atoms with Crippen molar-refractivity contribution in [2.75, 3.05) is 13.7 Å². The molecule has 4 aliphatic carbocycles. The van der Waals surface area contributed by atoms with Gasteiger partial charge in [-0.2, -0.15) is 0 Å². The van der Waals surface area contributed by atoms with E-state index in [4.69, 9.17) is 4.74 Å². The Morgan fingerprint density at radius 3 is 1.06 bits per heavy atom. The maximum Gasteiger partial charge on any atom is 2.00 e. The standard InChI is InChI=1S/2C18H27P.C10H12O.Ni/c2*1-4-10-16(11-5-1)19(17-12-6-2-7-13-17)18-14-8-3-9-15-18;1-11-9-5-8-10-6-3-2-4-7-10;/h2*1,4-5,10-11,17-18H,2-3,6-9,12-15H2;2-8H,9H2,1H3;/q;;;+2/b;;8-5+;. The van der Waals surface area contributed by atoms with E-state index >= 15 is 0 Å². The van der Waals surface area contributed by atoms with Crippen LogP contribution in [0.25, 0.3) is 6.08 Å². The zero-order valence-corrected chi connectivity index (χ0v) is 33.9. The molecule has 7 rings (SSSR count). The first-order valence-electron chi connectivity index (χ1n) is 20.2. The summed E-state index contributed by atoms with van der Waals surface area (Å²) in [7, 11) is 1.91. The van der Waals surface area contributed by atoms with Crippen LogP contribution >= 0.6 is 15.8 Å². The molecule has 4 heteroatoms. The fourth-order valence-electron chi connectivity index (χ4n) is 8.92. The van der Waals surface area contributed by atoms with E-state index < -0.39 is 0 Å². The Hall–Kier alpha value is -1.29. The zero-order chi connectivity index (χ0) is 33.8. The van der Waals surface area contributed by atoms with Gasteiger partial charge in [-0.15, -0.1) is 0 Å². The van der Waals surface area contributed by atoms with Gasteiger partial charge in [-0.25, -0.2) is 0 Å². The van der Waals surface area contributed by atoms with Gasteiger partial charge in [0.25, 0.3) is 0 Å². The first-order chi connectivity index (χ1) is 24.3. The second-order valence-electron chi connectivity index (χ2n) is 14.9. The third kappa shape index (κ3) is 13.9. The largest absolute Gasteiger partial charge is 2.00 e. The minimum absolute atomic E-state index is 0. The second kappa shape index (κ2) is 24.9. The Morgan fingerprint density at radius 2 is 0.760 bits per heavy atom. The molecule has 0 heterocycles. The summed E-state index contributed by atoms with van der Waals surface area (Å²) in [5.74, 6) is 0. The molecule has 0 unspecified atom stereocenters. The van der Waals surface area contributed by atoms with Crippen LogP contribution in [0.1, 0.15) is 134 Å². The van der Waals surface area contributed by atoms with Crippen molar-refractivity contribution >= 4 is 32.5 Å². The molecule has 3 aromatic rings. The van der Waals surface area contributed by atoms with Crippen molar-refractivity contribution in [1.29, 1.82) is 0 Å². The van der Waals surface area contributed by atoms with Crippen molar-refractivity contribution in [3.8, 4) is 0 Å². The minimum atomic E-state index is 0. The van der Waals surface area contributed by atoms with Crippen LogP contribution in [0, 0.1) is 0 Å². The summed E-state index contributed by atoms with van der Waals surface area (Å²) in [6.45, 7) is 0.675. The molecule has 0 spiro atoms. The molecular formula is C46H66NiOP2+2. The van der Waals surface area contributed by atoms with Crippen LogP contribution in [-0.4, -0.2) is 36.4 Å². The number of hydrogen-bond acceptors (Lipinski definition) is 1. The molecule has 4 saturated carbocycles. The summed E-state index contributed by atoms with van der Waals surface area (Å²) in [6, 6.07) is 33.3. The Kier molecular flexibility index (Phi) is 20.6. The Bertz CT molecular complexity index is 1150. The van der Waals surface area contributed by atoms with Crippen LogP contribution in [0.4, 0.5) is 0 Å². The molecule has 3 aromatic carbocycles. The summed E-state index contributed by atoms with van der Waals surface area (Å²) in [4.78, 5) is 0. The van der Waals surface area contributed by atoms with Gasteiger partial charge >= 0.3 is 16.5 Å². The smallest absolute Gasteiger partial charge is 0.381 e. The maximum atomic E-state index is 4.88. The topological polar surface area (TPSA) is 9.23 Å². The average molecular weight is 756 g/mol. The number of ether oxygens (including phenoxy) is 1. The van der Waals surface area contributed by atoms with Crippen LogP contribution in [0.2, 0.25) is 0 Å². The molecule has 0 atom stereocenters. The molecule has 0 aliphatic heterocycles. The van der Waals surface area contributed by atoms with Crippen molar-refractivity contribution < 1.29 is 21.2 Å². The molecule has 1 nitrogen and oxygen atoms in total. The molecule has 4 fully saturated rings. The predicted octanol–water partition coefficient (Wildman–Crippen LogP) is 13.3. The van der Waals surface area contributed by atoms with E-state index in [-0.39, 0.29) is 32.3 Å². The average Bonchev–Trinajstić information content (AvgIpc) is 3.19. The van der Waals surface area contributed by atoms with Crippen molar-refractivity contribution in [1.82, 2.24) is 0 Å². The van der Waals surface area contributed by atoms with E-state index in [0.29, 0.717) is 6.61 Å². The van der Waals surface area contributed by atoms with Crippen molar-refractivity contribution in [2.45, 2.75) is 151 Å². The van der Waals surface area contributed by atoms with E-state index in [9.17, 15) is 0 Å². The van der Waals surface area contributed by atoms with E-state index in [2.05, 4.69) is 72.8 Å². The first-order valence-corrected chi connectivity index (χ1v) is 23.2. The van der Waals surface area contributed by atoms with Crippen molar-refractivity contribution in [3.05, 3.63) is 103 Å². The monoisotopic (exact) mass is 754 g/mol. The van der Waals surface area contributed by atoms with Crippen LogP contribution in [0.5, 0.6) is 0 Å². The molecule has 0 N–H and O–H groups in total. The molecule has 0 saturated heterocycles. The minimum Gasteiger partial charge on any atom is -0.381 e. The summed E-state index contributed by atoms with van der Waals surface area (Å²) in [5, 5.41) is 3.41. The van der Waals surface area contributed by atoms with E-state index in [1.807, 2.05) is 30.4 Å². The molecule has 0 bridgehead atoms. The van der Waals surface area contributed by atoms with Crippen molar-refractivity contribution in [3.63, 3.8) is 0 Å². The van der Waals surface area contributed by atoms with Crippen LogP contribution in [-0.2, 0) is 21.2 Å². The normalized spacial score (nSPS) is 19.7. The Morgan fingerprint density at radius 1 is 0.460 bits per heavy atom. The second-order valence-corrected chi connectivity index (χ2v) is 20.5. The fourth-order valence-corrected chi connectivity index (χ4v) is 16.5. The molecule has 4 aliphatic rings. The van der Waals surface area contributed by atoms with Crippen LogP contribution in [0.15, 0.2) is 97.1 Å². The third-order valence-electron chi connectivity index (χ3n) is 11.4. The van der Waals surface area contributed by atoms with E-state index in [1.165, 1.54) is 134 Å². The number of benzene rings is 3. The van der Waals surface area contributed by atoms with Gasteiger partial charge in [-0.05, 0) is 90.2 Å². The van der Waals surface area contributed by atoms with E-state index in [1.54, 1.807) is 17.7 Å². The fraction of sp³-hybridized carbons (Fsp3) is 0.565. The van der Waals surface area contributed by atoms with E-state index in [0.717, 1.165) is 22.6 Å². The van der Waals surface area contributed by atoms with Gasteiger partial charge in [0.1, 0.15) is 0 Å². The Labute approximate surface area is 319 Å². The SMILES string of the molecule is COC/C=C/c1ccccc1.[Ni+2].c1ccc(P(C2CCCCC2)C2CCCCC2)cc1.c1ccc(P(C2CCCCC2)C2CCCCC2)cc1. The van der Waals surface area contributed by atoms with Gasteiger partial charge in [-0.3, -0.25) is 0 Å². The molecule has 274 valence electrons. The van der Waals surface area contributed by atoms with Crippen LogP contribution in [0.3, 0.4) is 0 Å². The summed E-state index contributed by atoms with van der Waals surface area (Å²) in [6.07, 6.45) is 34.0. The van der Waals surface area contributed by atoms with Gasteiger partial charge in [-0.1, -0.05) is 196 Å². The molecule has 0 aromatic heterocycles. The van der Waals surface area contributed by atoms with Gasteiger partial charge in [0.05, 0.1) is 6.61 Å². The molecule has 50 heavy (non-hydrogen) atoms.